The fraction of sp³-hybridized carbons (Fsp3) is 1.00. The van der Waals surface area contributed by atoms with E-state index in [9.17, 15) is 16.8 Å². The van der Waals surface area contributed by atoms with Crippen molar-refractivity contribution in [1.82, 2.24) is 0 Å². The van der Waals surface area contributed by atoms with Crippen molar-refractivity contribution in [3.05, 3.63) is 0 Å². The van der Waals surface area contributed by atoms with Crippen molar-refractivity contribution >= 4 is 20.2 Å². The van der Waals surface area contributed by atoms with Crippen LogP contribution in [0.15, 0.2) is 0 Å². The molecule has 0 unspecified atom stereocenters. The molecule has 0 spiro atoms. The van der Waals surface area contributed by atoms with Crippen LogP contribution in [0.1, 0.15) is 6.42 Å². The summed E-state index contributed by atoms with van der Waals surface area (Å²) < 4.78 is 56.7. The number of aliphatic hydroxyl groups is 2. The standard InChI is InChI=1S/C3H8O8S2/c4-3(5,13(9,10)11)1-2-12(6,7)8/h4-5H,1-2H2,(H,6,7,8)(H,9,10,11). The third-order valence-electron chi connectivity index (χ3n) is 1.10. The van der Waals surface area contributed by atoms with E-state index in [1.807, 2.05) is 0 Å². The Kier molecular flexibility index (Phi) is 3.41. The zero-order valence-electron chi connectivity index (χ0n) is 6.15. The molecule has 0 aliphatic carbocycles. The molecule has 13 heavy (non-hydrogen) atoms. The minimum absolute atomic E-state index is 1.19. The Morgan fingerprint density at radius 3 is 1.62 bits per heavy atom. The van der Waals surface area contributed by atoms with Gasteiger partial charge >= 0.3 is 10.1 Å². The van der Waals surface area contributed by atoms with Gasteiger partial charge in [0, 0.05) is 6.42 Å². The van der Waals surface area contributed by atoms with Crippen molar-refractivity contribution in [1.29, 1.82) is 0 Å². The molecule has 0 aliphatic heterocycles. The molecule has 4 N–H and O–H groups in total. The van der Waals surface area contributed by atoms with Crippen molar-refractivity contribution in [2.45, 2.75) is 11.5 Å². The molecule has 10 heteroatoms. The van der Waals surface area contributed by atoms with Crippen LogP contribution in [0.5, 0.6) is 0 Å². The molecule has 0 bridgehead atoms. The highest BCUT2D eigenvalue weighted by atomic mass is 32.2. The fourth-order valence-electron chi connectivity index (χ4n) is 0.391. The average Bonchev–Trinajstić information content (AvgIpc) is 1.79. The summed E-state index contributed by atoms with van der Waals surface area (Å²) in [5.41, 5.74) is 0. The van der Waals surface area contributed by atoms with Crippen molar-refractivity contribution in [3.8, 4) is 0 Å². The van der Waals surface area contributed by atoms with Gasteiger partial charge in [-0.2, -0.15) is 16.8 Å². The lowest BCUT2D eigenvalue weighted by Crippen LogP contribution is -2.39. The summed E-state index contributed by atoms with van der Waals surface area (Å²) in [5, 5.41) is 13.5. The molecular weight excluding hydrogens is 228 g/mol. The molecule has 0 aliphatic rings. The summed E-state index contributed by atoms with van der Waals surface area (Å²) >= 11 is 0. The molecule has 8 nitrogen and oxygen atoms in total. The Balaban J connectivity index is 4.57. The Labute approximate surface area is 74.3 Å². The average molecular weight is 236 g/mol. The summed E-state index contributed by atoms with van der Waals surface area (Å²) in [5.74, 6) is -1.19. The molecule has 0 radical (unpaired) electrons. The first-order chi connectivity index (χ1) is 5.46. The molecule has 0 fully saturated rings. The number of rotatable bonds is 4. The summed E-state index contributed by atoms with van der Waals surface area (Å²) in [6.07, 6.45) is -1.25. The van der Waals surface area contributed by atoms with Crippen LogP contribution in [0.3, 0.4) is 0 Å². The zero-order chi connectivity index (χ0) is 10.9. The van der Waals surface area contributed by atoms with E-state index in [0.717, 1.165) is 0 Å². The Morgan fingerprint density at radius 2 is 1.38 bits per heavy atom. The molecule has 0 aromatic rings. The lowest BCUT2D eigenvalue weighted by molar-refractivity contribution is -0.0920. The summed E-state index contributed by atoms with van der Waals surface area (Å²) in [4.78, 5) is 0. The van der Waals surface area contributed by atoms with Crippen LogP contribution in [0, 0.1) is 0 Å². The number of hydrogen-bond acceptors (Lipinski definition) is 6. The lowest BCUT2D eigenvalue weighted by atomic mass is 10.5. The first-order valence-electron chi connectivity index (χ1n) is 2.83. The molecule has 0 atom stereocenters. The first kappa shape index (κ1) is 12.7. The van der Waals surface area contributed by atoms with Gasteiger partial charge in [-0.15, -0.1) is 0 Å². The smallest absolute Gasteiger partial charge is 0.321 e. The molecule has 0 saturated carbocycles. The van der Waals surface area contributed by atoms with E-state index in [4.69, 9.17) is 19.3 Å². The van der Waals surface area contributed by atoms with Crippen molar-refractivity contribution < 1.29 is 36.2 Å². The normalized spacial score (nSPS) is 14.5. The predicted octanol–water partition coefficient (Wildman–Crippen LogP) is -2.21. The van der Waals surface area contributed by atoms with Gasteiger partial charge in [0.2, 0.25) is 0 Å². The zero-order valence-corrected chi connectivity index (χ0v) is 7.79. The minimum atomic E-state index is -5.19. The molecule has 0 amide bonds. The highest BCUT2D eigenvalue weighted by molar-refractivity contribution is 7.87. The van der Waals surface area contributed by atoms with Gasteiger partial charge in [-0.25, -0.2) is 0 Å². The fourth-order valence-corrected chi connectivity index (χ4v) is 1.42. The van der Waals surface area contributed by atoms with Gasteiger partial charge in [0.1, 0.15) is 0 Å². The van der Waals surface area contributed by atoms with Gasteiger partial charge in [0.15, 0.2) is 0 Å². The maximum atomic E-state index is 10.1. The van der Waals surface area contributed by atoms with Crippen LogP contribution in [0.2, 0.25) is 0 Å². The molecule has 0 aromatic heterocycles. The van der Waals surface area contributed by atoms with Crippen LogP contribution >= 0.6 is 0 Å². The molecule has 0 saturated heterocycles. The Hall–Kier alpha value is -0.260. The van der Waals surface area contributed by atoms with E-state index >= 15 is 0 Å². The topological polar surface area (TPSA) is 149 Å². The van der Waals surface area contributed by atoms with Gasteiger partial charge in [0.05, 0.1) is 5.75 Å². The largest absolute Gasteiger partial charge is 0.352 e. The quantitative estimate of drug-likeness (QED) is 0.317. The highest BCUT2D eigenvalue weighted by Gasteiger charge is 2.39. The van der Waals surface area contributed by atoms with E-state index in [0.29, 0.717) is 0 Å². The Bertz CT molecular complexity index is 360. The van der Waals surface area contributed by atoms with Crippen LogP contribution < -0.4 is 0 Å². The second-order valence-corrected chi connectivity index (χ2v) is 5.43. The monoisotopic (exact) mass is 236 g/mol. The third-order valence-corrected chi connectivity index (χ3v) is 2.85. The van der Waals surface area contributed by atoms with Gasteiger partial charge in [-0.3, -0.25) is 9.11 Å². The Morgan fingerprint density at radius 1 is 1.00 bits per heavy atom. The van der Waals surface area contributed by atoms with Crippen LogP contribution in [-0.4, -0.2) is 47.0 Å². The van der Waals surface area contributed by atoms with Gasteiger partial charge in [-0.1, -0.05) is 0 Å². The molecule has 80 valence electrons. The SMILES string of the molecule is O=S(=O)(O)CCC(O)(O)S(=O)(=O)O. The van der Waals surface area contributed by atoms with Crippen molar-refractivity contribution in [3.63, 3.8) is 0 Å². The summed E-state index contributed by atoms with van der Waals surface area (Å²) in [7, 11) is -9.70. The first-order valence-corrected chi connectivity index (χ1v) is 5.87. The van der Waals surface area contributed by atoms with E-state index in [-0.39, 0.29) is 0 Å². The molecule has 0 rings (SSSR count). The van der Waals surface area contributed by atoms with Crippen molar-refractivity contribution in [2.75, 3.05) is 5.75 Å². The van der Waals surface area contributed by atoms with Crippen molar-refractivity contribution in [2.24, 2.45) is 0 Å². The maximum Gasteiger partial charge on any atom is 0.321 e. The molecular formula is C3H8O8S2. The summed E-state index contributed by atoms with van der Waals surface area (Å²) in [6, 6.07) is 0. The highest BCUT2D eigenvalue weighted by Crippen LogP contribution is 2.13. The minimum Gasteiger partial charge on any atom is -0.352 e. The van der Waals surface area contributed by atoms with Crippen LogP contribution in [0.4, 0.5) is 0 Å². The maximum absolute atomic E-state index is 10.1. The second-order valence-electron chi connectivity index (χ2n) is 2.25. The van der Waals surface area contributed by atoms with Crippen LogP contribution in [-0.2, 0) is 20.2 Å². The number of hydrogen-bond donors (Lipinski definition) is 4. The molecule has 0 heterocycles. The van der Waals surface area contributed by atoms with E-state index in [2.05, 4.69) is 0 Å². The van der Waals surface area contributed by atoms with E-state index in [1.54, 1.807) is 0 Å². The van der Waals surface area contributed by atoms with Gasteiger partial charge in [0.25, 0.3) is 15.2 Å². The van der Waals surface area contributed by atoms with E-state index in [1.165, 1.54) is 0 Å². The summed E-state index contributed by atoms with van der Waals surface area (Å²) in [6.45, 7) is 0. The predicted molar refractivity (Wildman–Crippen MR) is 39.7 cm³/mol. The lowest BCUT2D eigenvalue weighted by Gasteiger charge is -2.16. The second kappa shape index (κ2) is 3.48. The third kappa shape index (κ3) is 4.50. The van der Waals surface area contributed by atoms with Crippen LogP contribution in [0.25, 0.3) is 0 Å². The molecule has 0 aromatic carbocycles. The van der Waals surface area contributed by atoms with E-state index < -0.39 is 37.5 Å². The van der Waals surface area contributed by atoms with Gasteiger partial charge in [-0.05, 0) is 0 Å². The van der Waals surface area contributed by atoms with Gasteiger partial charge < -0.3 is 10.2 Å².